The van der Waals surface area contributed by atoms with Crippen LogP contribution < -0.4 is 16.0 Å². The molecule has 1 aliphatic heterocycles. The Morgan fingerprint density at radius 2 is 2.08 bits per heavy atom. The van der Waals surface area contributed by atoms with Gasteiger partial charge in [0, 0.05) is 48.4 Å². The van der Waals surface area contributed by atoms with E-state index in [4.69, 9.17) is 4.98 Å². The predicted molar refractivity (Wildman–Crippen MR) is 100 cm³/mol. The van der Waals surface area contributed by atoms with E-state index in [2.05, 4.69) is 36.2 Å². The Morgan fingerprint density at radius 1 is 1.23 bits per heavy atom. The van der Waals surface area contributed by atoms with Gasteiger partial charge < -0.3 is 16.0 Å². The van der Waals surface area contributed by atoms with Crippen LogP contribution in [0.2, 0.25) is 0 Å². The molecule has 9 nitrogen and oxygen atoms in total. The molecule has 3 aromatic rings. The molecule has 3 aromatic heterocycles. The normalized spacial score (nSPS) is 15.2. The first-order chi connectivity index (χ1) is 12.7. The molecule has 0 aromatic carbocycles. The molecule has 0 unspecified atom stereocenters. The van der Waals surface area contributed by atoms with Crippen molar-refractivity contribution in [1.29, 1.82) is 0 Å². The number of anilines is 3. The molecule has 1 aliphatic rings. The van der Waals surface area contributed by atoms with Crippen molar-refractivity contribution in [2.45, 2.75) is 25.8 Å². The van der Waals surface area contributed by atoms with Gasteiger partial charge in [-0.2, -0.15) is 15.2 Å². The molecule has 0 aliphatic carbocycles. The molecule has 26 heavy (non-hydrogen) atoms. The fourth-order valence-electron chi connectivity index (χ4n) is 3.08. The Labute approximate surface area is 151 Å². The van der Waals surface area contributed by atoms with E-state index >= 15 is 0 Å². The molecule has 0 spiro atoms. The van der Waals surface area contributed by atoms with E-state index in [-0.39, 0.29) is 0 Å². The molecule has 136 valence electrons. The summed E-state index contributed by atoms with van der Waals surface area (Å²) in [4.78, 5) is 9.17. The van der Waals surface area contributed by atoms with Gasteiger partial charge in [-0.25, -0.2) is 4.98 Å². The van der Waals surface area contributed by atoms with Crippen molar-refractivity contribution in [3.05, 3.63) is 30.4 Å². The number of hydrogen-bond acceptors (Lipinski definition) is 7. The molecular formula is C17H23N9. The molecule has 4 rings (SSSR count). The van der Waals surface area contributed by atoms with Gasteiger partial charge in [-0.15, -0.1) is 0 Å². The summed E-state index contributed by atoms with van der Waals surface area (Å²) < 4.78 is 1.78. The van der Waals surface area contributed by atoms with Crippen LogP contribution in [0.4, 0.5) is 17.6 Å². The maximum Gasteiger partial charge on any atom is 0.230 e. The van der Waals surface area contributed by atoms with E-state index in [0.717, 1.165) is 48.6 Å². The Kier molecular flexibility index (Phi) is 4.53. The average Bonchev–Trinajstić information content (AvgIpc) is 3.24. The second kappa shape index (κ2) is 7.12. The second-order valence-electron chi connectivity index (χ2n) is 6.59. The summed E-state index contributed by atoms with van der Waals surface area (Å²) >= 11 is 0. The van der Waals surface area contributed by atoms with Crippen molar-refractivity contribution in [2.75, 3.05) is 23.7 Å². The lowest BCUT2D eigenvalue weighted by atomic mass is 10.1. The fraction of sp³-hybridized carbons (Fsp3) is 0.412. The Bertz CT molecular complexity index is 876. The zero-order valence-corrected chi connectivity index (χ0v) is 15.0. The van der Waals surface area contributed by atoms with Crippen LogP contribution in [0.5, 0.6) is 0 Å². The van der Waals surface area contributed by atoms with E-state index < -0.39 is 0 Å². The van der Waals surface area contributed by atoms with E-state index in [1.54, 1.807) is 4.68 Å². The quantitative estimate of drug-likeness (QED) is 0.554. The number of rotatable bonds is 5. The summed E-state index contributed by atoms with van der Waals surface area (Å²) in [5.41, 5.74) is 2.92. The molecule has 0 saturated carbocycles. The monoisotopic (exact) mass is 353 g/mol. The van der Waals surface area contributed by atoms with Gasteiger partial charge in [-0.3, -0.25) is 9.78 Å². The minimum absolute atomic E-state index is 0.391. The lowest BCUT2D eigenvalue weighted by Gasteiger charge is -2.25. The van der Waals surface area contributed by atoms with E-state index in [1.165, 1.54) is 0 Å². The number of piperidine rings is 1. The zero-order chi connectivity index (χ0) is 17.9. The third kappa shape index (κ3) is 3.67. The van der Waals surface area contributed by atoms with Gasteiger partial charge in [0.15, 0.2) is 5.82 Å². The smallest absolute Gasteiger partial charge is 0.230 e. The molecule has 1 saturated heterocycles. The van der Waals surface area contributed by atoms with Crippen LogP contribution in [-0.4, -0.2) is 49.1 Å². The van der Waals surface area contributed by atoms with Crippen molar-refractivity contribution in [3.8, 4) is 11.1 Å². The number of aromatic amines is 1. The lowest BCUT2D eigenvalue weighted by Crippen LogP contribution is -2.35. The molecule has 4 N–H and O–H groups in total. The minimum Gasteiger partial charge on any atom is -0.367 e. The van der Waals surface area contributed by atoms with Crippen LogP contribution in [0.25, 0.3) is 11.1 Å². The highest BCUT2D eigenvalue weighted by Crippen LogP contribution is 2.28. The molecule has 9 heteroatoms. The third-order valence-electron chi connectivity index (χ3n) is 4.43. The van der Waals surface area contributed by atoms with Crippen LogP contribution in [0.15, 0.2) is 24.7 Å². The summed E-state index contributed by atoms with van der Waals surface area (Å²) in [6, 6.07) is 2.31. The van der Waals surface area contributed by atoms with Crippen LogP contribution in [0, 0.1) is 6.92 Å². The maximum atomic E-state index is 4.71. The highest BCUT2D eigenvalue weighted by Gasteiger charge is 2.18. The topological polar surface area (TPSA) is 108 Å². The van der Waals surface area contributed by atoms with Crippen LogP contribution in [0.3, 0.4) is 0 Å². The lowest BCUT2D eigenvalue weighted by molar-refractivity contribution is 0.478. The van der Waals surface area contributed by atoms with Crippen molar-refractivity contribution < 1.29 is 0 Å². The first-order valence-corrected chi connectivity index (χ1v) is 8.80. The Balaban J connectivity index is 1.64. The second-order valence-corrected chi connectivity index (χ2v) is 6.59. The van der Waals surface area contributed by atoms with Gasteiger partial charge in [-0.1, -0.05) is 0 Å². The summed E-state index contributed by atoms with van der Waals surface area (Å²) in [6.45, 7) is 3.99. The first-order valence-electron chi connectivity index (χ1n) is 8.80. The number of aromatic nitrogens is 6. The molecule has 4 heterocycles. The van der Waals surface area contributed by atoms with Crippen molar-refractivity contribution in [3.63, 3.8) is 0 Å². The molecule has 0 atom stereocenters. The largest absolute Gasteiger partial charge is 0.367 e. The highest BCUT2D eigenvalue weighted by molar-refractivity contribution is 5.75. The standard InChI is InChI=1S/C17H23N9/c1-11-7-15(25-24-11)22-17-19-9-14(12-8-20-26(2)10-12)16(23-17)21-13-3-5-18-6-4-13/h7-10,13,18H,3-6H2,1-2H3,(H3,19,21,22,23,24,25). The summed E-state index contributed by atoms with van der Waals surface area (Å²) in [5, 5.41) is 21.5. The molecular weight excluding hydrogens is 330 g/mol. The number of nitrogens with one attached hydrogen (secondary N) is 4. The minimum atomic E-state index is 0.391. The van der Waals surface area contributed by atoms with Crippen LogP contribution in [-0.2, 0) is 7.05 Å². The number of H-pyrrole nitrogens is 1. The SMILES string of the molecule is Cc1cc(Nc2ncc(-c3cnn(C)c3)c(NC3CCNCC3)n2)n[nH]1. The van der Waals surface area contributed by atoms with Crippen molar-refractivity contribution >= 4 is 17.6 Å². The Morgan fingerprint density at radius 3 is 2.77 bits per heavy atom. The number of hydrogen-bond donors (Lipinski definition) is 4. The zero-order valence-electron chi connectivity index (χ0n) is 15.0. The summed E-state index contributed by atoms with van der Waals surface area (Å²) in [5.74, 6) is 2.03. The van der Waals surface area contributed by atoms with E-state index in [1.807, 2.05) is 38.6 Å². The molecule has 1 fully saturated rings. The summed E-state index contributed by atoms with van der Waals surface area (Å²) in [6.07, 6.45) is 7.76. The molecule has 0 bridgehead atoms. The van der Waals surface area contributed by atoms with Gasteiger partial charge in [0.25, 0.3) is 0 Å². The van der Waals surface area contributed by atoms with Gasteiger partial charge in [0.05, 0.1) is 6.20 Å². The fourth-order valence-corrected chi connectivity index (χ4v) is 3.08. The van der Waals surface area contributed by atoms with E-state index in [9.17, 15) is 0 Å². The van der Waals surface area contributed by atoms with Crippen LogP contribution >= 0.6 is 0 Å². The Hall–Kier alpha value is -2.94. The first kappa shape index (κ1) is 16.5. The highest BCUT2D eigenvalue weighted by atomic mass is 15.2. The van der Waals surface area contributed by atoms with Gasteiger partial charge in [0.1, 0.15) is 5.82 Å². The number of aryl methyl sites for hydroxylation is 2. The van der Waals surface area contributed by atoms with Gasteiger partial charge in [-0.05, 0) is 32.9 Å². The number of nitrogens with zero attached hydrogens (tertiary/aromatic N) is 5. The van der Waals surface area contributed by atoms with Gasteiger partial charge in [0.2, 0.25) is 5.95 Å². The van der Waals surface area contributed by atoms with E-state index in [0.29, 0.717) is 17.8 Å². The molecule has 0 amide bonds. The predicted octanol–water partition coefficient (Wildman–Crippen LogP) is 1.82. The molecule has 0 radical (unpaired) electrons. The van der Waals surface area contributed by atoms with Crippen molar-refractivity contribution in [1.82, 2.24) is 35.3 Å². The van der Waals surface area contributed by atoms with Gasteiger partial charge >= 0.3 is 0 Å². The average molecular weight is 353 g/mol. The maximum absolute atomic E-state index is 4.71. The summed E-state index contributed by atoms with van der Waals surface area (Å²) in [7, 11) is 1.90. The third-order valence-corrected chi connectivity index (χ3v) is 4.43. The van der Waals surface area contributed by atoms with Crippen molar-refractivity contribution in [2.24, 2.45) is 7.05 Å². The van der Waals surface area contributed by atoms with Crippen LogP contribution in [0.1, 0.15) is 18.5 Å².